The molecule has 0 bridgehead atoms. The lowest BCUT2D eigenvalue weighted by atomic mass is 9.97. The van der Waals surface area contributed by atoms with Crippen LogP contribution in [0, 0.1) is 5.41 Å². The molecule has 0 aliphatic rings. The number of aliphatic hydroxyl groups is 1. The van der Waals surface area contributed by atoms with E-state index < -0.39 is 11.5 Å². The van der Waals surface area contributed by atoms with E-state index in [4.69, 9.17) is 5.11 Å². The van der Waals surface area contributed by atoms with Gasteiger partial charge in [0.25, 0.3) is 0 Å². The molecule has 0 saturated carbocycles. The maximum Gasteiger partial charge on any atom is 0.433 e. The lowest BCUT2D eigenvalue weighted by Gasteiger charge is -2.13. The average Bonchev–Trinajstić information content (AvgIpc) is 2.04. The maximum absolute atomic E-state index is 10.5. The molecule has 0 radical (unpaired) electrons. The van der Waals surface area contributed by atoms with Gasteiger partial charge < -0.3 is 10.4 Å². The summed E-state index contributed by atoms with van der Waals surface area (Å²) in [6.45, 7) is 3.49. The Balaban J connectivity index is 3.83. The topological polar surface area (TPSA) is 70.9 Å². The normalized spacial score (nSPS) is 11.7. The van der Waals surface area contributed by atoms with Crippen molar-refractivity contribution in [1.82, 2.24) is 5.32 Å². The first-order chi connectivity index (χ1) is 5.52. The highest BCUT2D eigenvalue weighted by Gasteiger charge is 2.13. The van der Waals surface area contributed by atoms with E-state index in [1.165, 1.54) is 13.3 Å². The van der Waals surface area contributed by atoms with E-state index >= 15 is 0 Å². The number of amides is 1. The Kier molecular flexibility index (Phi) is 4.28. The van der Waals surface area contributed by atoms with Crippen molar-refractivity contribution in [3.8, 4) is 0 Å². The van der Waals surface area contributed by atoms with Crippen molar-refractivity contribution in [2.24, 2.45) is 10.6 Å². The largest absolute Gasteiger partial charge is 0.433 e. The molecule has 12 heavy (non-hydrogen) atoms. The standard InChI is InChI=1S/C7H14N2O3/c1-7(2,5-10)4-9-12-6(11)8-3/h4,10H,5H2,1-3H3,(H,8,11). The van der Waals surface area contributed by atoms with Crippen LogP contribution in [-0.2, 0) is 4.84 Å². The third kappa shape index (κ3) is 4.68. The molecule has 1 amide bonds. The molecule has 0 spiro atoms. The summed E-state index contributed by atoms with van der Waals surface area (Å²) in [5.41, 5.74) is -0.464. The van der Waals surface area contributed by atoms with Crippen LogP contribution in [0.25, 0.3) is 0 Å². The van der Waals surface area contributed by atoms with Gasteiger partial charge in [0.1, 0.15) is 0 Å². The first-order valence-corrected chi connectivity index (χ1v) is 3.56. The molecule has 0 rings (SSSR count). The Labute approximate surface area is 71.4 Å². The highest BCUT2D eigenvalue weighted by atomic mass is 16.7. The molecule has 0 aliphatic heterocycles. The monoisotopic (exact) mass is 174 g/mol. The van der Waals surface area contributed by atoms with Crippen molar-refractivity contribution in [3.05, 3.63) is 0 Å². The van der Waals surface area contributed by atoms with Crippen LogP contribution in [-0.4, -0.2) is 31.1 Å². The van der Waals surface area contributed by atoms with E-state index in [9.17, 15) is 4.79 Å². The van der Waals surface area contributed by atoms with Crippen molar-refractivity contribution in [1.29, 1.82) is 0 Å². The van der Waals surface area contributed by atoms with Gasteiger partial charge in [0.2, 0.25) is 0 Å². The zero-order chi connectivity index (χ0) is 9.61. The second-order valence-corrected chi connectivity index (χ2v) is 3.01. The number of aliphatic hydroxyl groups excluding tert-OH is 1. The summed E-state index contributed by atoms with van der Waals surface area (Å²) < 4.78 is 0. The van der Waals surface area contributed by atoms with E-state index in [1.807, 2.05) is 0 Å². The van der Waals surface area contributed by atoms with E-state index in [1.54, 1.807) is 13.8 Å². The van der Waals surface area contributed by atoms with E-state index in [0.717, 1.165) is 0 Å². The summed E-state index contributed by atoms with van der Waals surface area (Å²) in [7, 11) is 1.44. The predicted octanol–water partition coefficient (Wildman–Crippen LogP) is 0.347. The Morgan fingerprint density at radius 1 is 1.75 bits per heavy atom. The smallest absolute Gasteiger partial charge is 0.395 e. The number of hydrogen-bond acceptors (Lipinski definition) is 4. The molecule has 0 atom stereocenters. The molecule has 0 aromatic heterocycles. The second kappa shape index (κ2) is 4.71. The van der Waals surface area contributed by atoms with Gasteiger partial charge in [-0.15, -0.1) is 0 Å². The number of nitrogens with one attached hydrogen (secondary N) is 1. The summed E-state index contributed by atoms with van der Waals surface area (Å²) in [4.78, 5) is 14.8. The van der Waals surface area contributed by atoms with E-state index in [0.29, 0.717) is 0 Å². The molecule has 0 fully saturated rings. The summed E-state index contributed by atoms with van der Waals surface area (Å²) in [6, 6.07) is 0. The van der Waals surface area contributed by atoms with Gasteiger partial charge in [0, 0.05) is 12.5 Å². The molecule has 0 unspecified atom stereocenters. The van der Waals surface area contributed by atoms with E-state index in [-0.39, 0.29) is 6.61 Å². The molecule has 0 saturated heterocycles. The van der Waals surface area contributed by atoms with Gasteiger partial charge in [-0.3, -0.25) is 4.84 Å². The van der Waals surface area contributed by atoms with Crippen LogP contribution < -0.4 is 5.32 Å². The van der Waals surface area contributed by atoms with Gasteiger partial charge in [0.15, 0.2) is 0 Å². The highest BCUT2D eigenvalue weighted by molar-refractivity contribution is 5.69. The third-order valence-electron chi connectivity index (χ3n) is 1.15. The summed E-state index contributed by atoms with van der Waals surface area (Å²) in [5, 5.41) is 14.4. The fraction of sp³-hybridized carbons (Fsp3) is 0.714. The van der Waals surface area contributed by atoms with Crippen LogP contribution in [0.15, 0.2) is 5.16 Å². The van der Waals surface area contributed by atoms with Gasteiger partial charge in [-0.25, -0.2) is 4.79 Å². The second-order valence-electron chi connectivity index (χ2n) is 3.01. The summed E-state index contributed by atoms with van der Waals surface area (Å²) in [6.07, 6.45) is 0.752. The van der Waals surface area contributed by atoms with Crippen molar-refractivity contribution in [3.63, 3.8) is 0 Å². The predicted molar refractivity (Wildman–Crippen MR) is 44.9 cm³/mol. The average molecular weight is 174 g/mol. The SMILES string of the molecule is CNC(=O)ON=CC(C)(C)CO. The van der Waals surface area contributed by atoms with Crippen LogP contribution in [0.5, 0.6) is 0 Å². The van der Waals surface area contributed by atoms with Crippen molar-refractivity contribution < 1.29 is 14.7 Å². The fourth-order valence-corrected chi connectivity index (χ4v) is 0.303. The first-order valence-electron chi connectivity index (χ1n) is 3.56. The number of hydrogen-bond donors (Lipinski definition) is 2. The van der Waals surface area contributed by atoms with Crippen molar-refractivity contribution in [2.75, 3.05) is 13.7 Å². The minimum atomic E-state index is -0.625. The number of oxime groups is 1. The lowest BCUT2D eigenvalue weighted by molar-refractivity contribution is 0.150. The van der Waals surface area contributed by atoms with Crippen LogP contribution in [0.1, 0.15) is 13.8 Å². The van der Waals surface area contributed by atoms with Crippen LogP contribution in [0.4, 0.5) is 4.79 Å². The van der Waals surface area contributed by atoms with Crippen LogP contribution >= 0.6 is 0 Å². The van der Waals surface area contributed by atoms with Gasteiger partial charge in [-0.05, 0) is 0 Å². The van der Waals surface area contributed by atoms with Gasteiger partial charge in [0.05, 0.1) is 12.8 Å². The minimum Gasteiger partial charge on any atom is -0.395 e. The summed E-state index contributed by atoms with van der Waals surface area (Å²) >= 11 is 0. The number of carbonyl (C=O) groups is 1. The molecule has 0 aromatic rings. The highest BCUT2D eigenvalue weighted by Crippen LogP contribution is 2.08. The maximum atomic E-state index is 10.5. The Morgan fingerprint density at radius 3 is 2.75 bits per heavy atom. The zero-order valence-electron chi connectivity index (χ0n) is 7.50. The molecular formula is C7H14N2O3. The van der Waals surface area contributed by atoms with Gasteiger partial charge >= 0.3 is 6.09 Å². The molecule has 0 aromatic carbocycles. The number of nitrogens with zero attached hydrogens (tertiary/aromatic N) is 1. The van der Waals surface area contributed by atoms with Crippen LogP contribution in [0.2, 0.25) is 0 Å². The zero-order valence-corrected chi connectivity index (χ0v) is 7.50. The van der Waals surface area contributed by atoms with Gasteiger partial charge in [-0.1, -0.05) is 19.0 Å². The molecule has 2 N–H and O–H groups in total. The van der Waals surface area contributed by atoms with E-state index in [2.05, 4.69) is 15.3 Å². The molecule has 70 valence electrons. The first kappa shape index (κ1) is 10.9. The third-order valence-corrected chi connectivity index (χ3v) is 1.15. The number of carbonyl (C=O) groups excluding carboxylic acids is 1. The van der Waals surface area contributed by atoms with Gasteiger partial charge in [-0.2, -0.15) is 0 Å². The molecule has 0 aliphatic carbocycles. The minimum absolute atomic E-state index is 0.0480. The quantitative estimate of drug-likeness (QED) is 0.368. The Morgan fingerprint density at radius 2 is 2.33 bits per heavy atom. The summed E-state index contributed by atoms with van der Waals surface area (Å²) in [5.74, 6) is 0. The fourth-order valence-electron chi connectivity index (χ4n) is 0.303. The van der Waals surface area contributed by atoms with Crippen molar-refractivity contribution >= 4 is 12.3 Å². The lowest BCUT2D eigenvalue weighted by Crippen LogP contribution is -2.20. The Bertz CT molecular complexity index is 177. The Hall–Kier alpha value is -1.10. The number of rotatable bonds is 3. The molecule has 5 nitrogen and oxygen atoms in total. The van der Waals surface area contributed by atoms with Crippen LogP contribution in [0.3, 0.4) is 0 Å². The molecule has 5 heteroatoms. The molecule has 0 heterocycles. The van der Waals surface area contributed by atoms with Crippen molar-refractivity contribution in [2.45, 2.75) is 13.8 Å². The molecular weight excluding hydrogens is 160 g/mol.